The van der Waals surface area contributed by atoms with Gasteiger partial charge >= 0.3 is 5.97 Å². The number of hydrogen-bond donors (Lipinski definition) is 1. The molecule has 0 radical (unpaired) electrons. The van der Waals surface area contributed by atoms with Crippen LogP contribution in [0.25, 0.3) is 10.8 Å². The van der Waals surface area contributed by atoms with Crippen molar-refractivity contribution in [3.05, 3.63) is 71.8 Å². The Bertz CT molecular complexity index is 1270. The lowest BCUT2D eigenvalue weighted by Crippen LogP contribution is -2.52. The van der Waals surface area contributed by atoms with Crippen LogP contribution in [0.4, 0.5) is 0 Å². The number of likely N-dealkylation sites (N-methyl/N-ethyl adjacent to an activating group) is 1. The van der Waals surface area contributed by atoms with Gasteiger partial charge in [-0.2, -0.15) is 0 Å². The van der Waals surface area contributed by atoms with Gasteiger partial charge in [0.2, 0.25) is 0 Å². The standard InChI is InChI=1S/C31H38N2O5/c1-32-13-15-33(16-14-32)21-26-20-29(38-30(34)24-5-4-6-27(19-24)36-2)11-12-31(26,35)25-9-7-23-18-28(37-3)10-8-22(23)17-25/h4-10,17-19,26,29,35H,11-16,20-21H2,1-3H3. The van der Waals surface area contributed by atoms with E-state index < -0.39 is 5.60 Å². The molecular weight excluding hydrogens is 480 g/mol. The molecule has 0 bridgehead atoms. The number of methoxy groups -OCH3 is 2. The molecule has 3 aromatic rings. The minimum Gasteiger partial charge on any atom is -0.497 e. The van der Waals surface area contributed by atoms with Crippen LogP contribution in [0.3, 0.4) is 0 Å². The number of carbonyl (C=O) groups excluding carboxylic acids is 1. The summed E-state index contributed by atoms with van der Waals surface area (Å²) in [5.41, 5.74) is 0.397. The summed E-state index contributed by atoms with van der Waals surface area (Å²) in [6.45, 7) is 4.72. The number of ether oxygens (including phenoxy) is 3. The van der Waals surface area contributed by atoms with Crippen molar-refractivity contribution in [2.45, 2.75) is 31.0 Å². The van der Waals surface area contributed by atoms with Crippen molar-refractivity contribution in [1.29, 1.82) is 0 Å². The first-order chi connectivity index (χ1) is 18.4. The summed E-state index contributed by atoms with van der Waals surface area (Å²) in [4.78, 5) is 17.7. The van der Waals surface area contributed by atoms with Gasteiger partial charge in [-0.15, -0.1) is 0 Å². The lowest BCUT2D eigenvalue weighted by Gasteiger charge is -2.46. The number of esters is 1. The van der Waals surface area contributed by atoms with Gasteiger partial charge < -0.3 is 29.1 Å². The second-order valence-corrected chi connectivity index (χ2v) is 10.7. The zero-order chi connectivity index (χ0) is 26.7. The van der Waals surface area contributed by atoms with Gasteiger partial charge in [-0.3, -0.25) is 0 Å². The average molecular weight is 519 g/mol. The Labute approximate surface area is 224 Å². The Morgan fingerprint density at radius 3 is 2.42 bits per heavy atom. The van der Waals surface area contributed by atoms with Crippen LogP contribution in [-0.4, -0.2) is 81.0 Å². The third-order valence-electron chi connectivity index (χ3n) is 8.27. The summed E-state index contributed by atoms with van der Waals surface area (Å²) < 4.78 is 16.6. The molecule has 1 N–H and O–H groups in total. The zero-order valence-corrected chi connectivity index (χ0v) is 22.6. The maximum absolute atomic E-state index is 13.0. The molecule has 3 unspecified atom stereocenters. The van der Waals surface area contributed by atoms with Crippen LogP contribution in [0.5, 0.6) is 11.5 Å². The van der Waals surface area contributed by atoms with Gasteiger partial charge in [0.15, 0.2) is 0 Å². The number of nitrogens with zero attached hydrogens (tertiary/aromatic N) is 2. The summed E-state index contributed by atoms with van der Waals surface area (Å²) in [5, 5.41) is 14.4. The largest absolute Gasteiger partial charge is 0.497 e. The number of fused-ring (bicyclic) bond motifs is 1. The molecule has 5 rings (SSSR count). The molecule has 2 aliphatic rings. The first-order valence-electron chi connectivity index (χ1n) is 13.4. The van der Waals surface area contributed by atoms with E-state index in [0.29, 0.717) is 30.6 Å². The predicted octanol–water partition coefficient (Wildman–Crippen LogP) is 4.32. The van der Waals surface area contributed by atoms with Gasteiger partial charge in [-0.1, -0.05) is 24.3 Å². The first-order valence-corrected chi connectivity index (χ1v) is 13.4. The molecule has 0 spiro atoms. The number of hydrogen-bond acceptors (Lipinski definition) is 7. The Kier molecular flexibility index (Phi) is 7.88. The number of piperazine rings is 1. The first kappa shape index (κ1) is 26.5. The molecule has 3 aromatic carbocycles. The van der Waals surface area contributed by atoms with Crippen molar-refractivity contribution in [1.82, 2.24) is 9.80 Å². The van der Waals surface area contributed by atoms with Crippen LogP contribution >= 0.6 is 0 Å². The van der Waals surface area contributed by atoms with Crippen LogP contribution in [0, 0.1) is 5.92 Å². The van der Waals surface area contributed by atoms with Crippen molar-refractivity contribution in [3.8, 4) is 11.5 Å². The van der Waals surface area contributed by atoms with E-state index in [-0.39, 0.29) is 18.0 Å². The topological polar surface area (TPSA) is 71.5 Å². The minimum absolute atomic E-state index is 0.0709. The second kappa shape index (κ2) is 11.3. The molecule has 0 amide bonds. The molecule has 38 heavy (non-hydrogen) atoms. The molecule has 0 aromatic heterocycles. The Hall–Kier alpha value is -3.13. The van der Waals surface area contributed by atoms with Gasteiger partial charge in [-0.05, 0) is 79.0 Å². The highest BCUT2D eigenvalue weighted by Gasteiger charge is 2.45. The molecule has 2 fully saturated rings. The monoisotopic (exact) mass is 518 g/mol. The average Bonchev–Trinajstić information content (AvgIpc) is 2.95. The Morgan fingerprint density at radius 2 is 1.66 bits per heavy atom. The molecule has 1 heterocycles. The fourth-order valence-electron chi connectivity index (χ4n) is 5.86. The highest BCUT2D eigenvalue weighted by Crippen LogP contribution is 2.44. The lowest BCUT2D eigenvalue weighted by atomic mass is 9.70. The Balaban J connectivity index is 1.38. The summed E-state index contributed by atoms with van der Waals surface area (Å²) in [6, 6.07) is 19.3. The Morgan fingerprint density at radius 1 is 0.947 bits per heavy atom. The molecular formula is C31H38N2O5. The predicted molar refractivity (Wildman–Crippen MR) is 148 cm³/mol. The summed E-state index contributed by atoms with van der Waals surface area (Å²) >= 11 is 0. The van der Waals surface area contributed by atoms with Crippen molar-refractivity contribution < 1.29 is 24.1 Å². The van der Waals surface area contributed by atoms with Crippen LogP contribution in [0.1, 0.15) is 35.2 Å². The van der Waals surface area contributed by atoms with Gasteiger partial charge in [0.25, 0.3) is 0 Å². The van der Waals surface area contributed by atoms with Gasteiger partial charge in [-0.25, -0.2) is 4.79 Å². The van der Waals surface area contributed by atoms with Gasteiger partial charge in [0, 0.05) is 38.6 Å². The van der Waals surface area contributed by atoms with Crippen molar-refractivity contribution in [2.75, 3.05) is 54.0 Å². The van der Waals surface area contributed by atoms with E-state index in [1.165, 1.54) is 0 Å². The van der Waals surface area contributed by atoms with E-state index in [1.54, 1.807) is 32.4 Å². The van der Waals surface area contributed by atoms with E-state index >= 15 is 0 Å². The van der Waals surface area contributed by atoms with Crippen LogP contribution < -0.4 is 9.47 Å². The minimum atomic E-state index is -1.00. The molecule has 7 nitrogen and oxygen atoms in total. The lowest BCUT2D eigenvalue weighted by molar-refractivity contribution is -0.100. The summed E-state index contributed by atoms with van der Waals surface area (Å²) in [5.74, 6) is 1.02. The fraction of sp³-hybridized carbons (Fsp3) is 0.452. The smallest absolute Gasteiger partial charge is 0.338 e. The van der Waals surface area contributed by atoms with Crippen molar-refractivity contribution >= 4 is 16.7 Å². The molecule has 1 saturated heterocycles. The fourth-order valence-corrected chi connectivity index (χ4v) is 5.86. The number of carbonyl (C=O) groups is 1. The third-order valence-corrected chi connectivity index (χ3v) is 8.27. The van der Waals surface area contributed by atoms with Crippen LogP contribution in [-0.2, 0) is 10.3 Å². The third kappa shape index (κ3) is 5.65. The number of rotatable bonds is 7. The quantitative estimate of drug-likeness (QED) is 0.467. The zero-order valence-electron chi connectivity index (χ0n) is 22.6. The van der Waals surface area contributed by atoms with E-state index in [1.807, 2.05) is 30.3 Å². The van der Waals surface area contributed by atoms with Crippen molar-refractivity contribution in [2.24, 2.45) is 5.92 Å². The maximum atomic E-state index is 13.0. The maximum Gasteiger partial charge on any atom is 0.338 e. The molecule has 1 saturated carbocycles. The van der Waals surface area contributed by atoms with Crippen LogP contribution in [0.15, 0.2) is 60.7 Å². The highest BCUT2D eigenvalue weighted by molar-refractivity contribution is 5.90. The highest BCUT2D eigenvalue weighted by atomic mass is 16.5. The molecule has 202 valence electrons. The normalized spacial score (nSPS) is 24.7. The van der Waals surface area contributed by atoms with E-state index in [9.17, 15) is 9.90 Å². The molecule has 1 aliphatic heterocycles. The number of aliphatic hydroxyl groups is 1. The van der Waals surface area contributed by atoms with Gasteiger partial charge in [0.1, 0.15) is 17.6 Å². The van der Waals surface area contributed by atoms with E-state index in [4.69, 9.17) is 14.2 Å². The molecule has 1 aliphatic carbocycles. The van der Waals surface area contributed by atoms with Gasteiger partial charge in [0.05, 0.1) is 25.4 Å². The van der Waals surface area contributed by atoms with Crippen LogP contribution in [0.2, 0.25) is 0 Å². The van der Waals surface area contributed by atoms with Crippen molar-refractivity contribution in [3.63, 3.8) is 0 Å². The second-order valence-electron chi connectivity index (χ2n) is 10.7. The molecule has 7 heteroatoms. The molecule has 3 atom stereocenters. The summed E-state index contributed by atoms with van der Waals surface area (Å²) in [7, 11) is 5.39. The van der Waals surface area contributed by atoms with E-state index in [0.717, 1.165) is 54.8 Å². The summed E-state index contributed by atoms with van der Waals surface area (Å²) in [6.07, 6.45) is 1.49. The number of benzene rings is 3. The van der Waals surface area contributed by atoms with E-state index in [2.05, 4.69) is 29.0 Å². The SMILES string of the molecule is COc1cccc(C(=O)OC2CCC(O)(c3ccc4cc(OC)ccc4c3)C(CN3CCN(C)CC3)C2)c1.